The normalized spacial score (nSPS) is 30.9. The van der Waals surface area contributed by atoms with Gasteiger partial charge in [0.1, 0.15) is 6.04 Å². The van der Waals surface area contributed by atoms with E-state index in [1.165, 1.54) is 30.9 Å². The van der Waals surface area contributed by atoms with Gasteiger partial charge in [0, 0.05) is 18.8 Å². The molecule has 136 valence electrons. The second-order valence-electron chi connectivity index (χ2n) is 6.00. The van der Waals surface area contributed by atoms with Gasteiger partial charge in [-0.15, -0.1) is 11.8 Å². The molecule has 8 nitrogen and oxygen atoms in total. The van der Waals surface area contributed by atoms with E-state index in [-0.39, 0.29) is 24.7 Å². The van der Waals surface area contributed by atoms with Gasteiger partial charge in [-0.2, -0.15) is 0 Å². The maximum Gasteiger partial charge on any atom is 0.339 e. The quantitative estimate of drug-likeness (QED) is 0.633. The Bertz CT molecular complexity index is 468. The lowest BCUT2D eigenvalue weighted by molar-refractivity contribution is -0.158. The van der Waals surface area contributed by atoms with Gasteiger partial charge in [0.15, 0.2) is 5.37 Å². The predicted molar refractivity (Wildman–Crippen MR) is 87.4 cm³/mol. The largest absolute Gasteiger partial charge is 0.467 e. The minimum absolute atomic E-state index is 0.0299. The van der Waals surface area contributed by atoms with Crippen LogP contribution in [0.4, 0.5) is 0 Å². The number of carbonyl (C=O) groups is 3. The van der Waals surface area contributed by atoms with Gasteiger partial charge in [0.25, 0.3) is 0 Å². The van der Waals surface area contributed by atoms with Crippen LogP contribution in [0.2, 0.25) is 0 Å². The zero-order valence-corrected chi connectivity index (χ0v) is 15.2. The minimum atomic E-state index is -0.817. The van der Waals surface area contributed by atoms with E-state index >= 15 is 0 Å². The Kier molecular flexibility index (Phi) is 6.47. The van der Waals surface area contributed by atoms with Gasteiger partial charge in [-0.3, -0.25) is 9.69 Å². The first kappa shape index (κ1) is 19.0. The third-order valence-corrected chi connectivity index (χ3v) is 5.26. The van der Waals surface area contributed by atoms with Crippen molar-refractivity contribution in [1.82, 2.24) is 9.80 Å². The lowest BCUT2D eigenvalue weighted by Crippen LogP contribution is -2.54. The Morgan fingerprint density at radius 1 is 1.08 bits per heavy atom. The Morgan fingerprint density at radius 2 is 1.67 bits per heavy atom. The van der Waals surface area contributed by atoms with E-state index in [1.807, 2.05) is 18.7 Å². The summed E-state index contributed by atoms with van der Waals surface area (Å²) in [5.74, 6) is -1.03. The van der Waals surface area contributed by atoms with E-state index in [0.717, 1.165) is 0 Å². The molecule has 9 heteroatoms. The first-order valence-electron chi connectivity index (χ1n) is 7.83. The van der Waals surface area contributed by atoms with Crippen molar-refractivity contribution in [3.63, 3.8) is 0 Å². The molecule has 2 saturated heterocycles. The van der Waals surface area contributed by atoms with E-state index in [4.69, 9.17) is 14.2 Å². The minimum Gasteiger partial charge on any atom is -0.467 e. The Labute approximate surface area is 145 Å². The van der Waals surface area contributed by atoms with Crippen LogP contribution in [0.1, 0.15) is 13.8 Å². The van der Waals surface area contributed by atoms with Crippen LogP contribution in [0.5, 0.6) is 0 Å². The number of rotatable bonds is 4. The van der Waals surface area contributed by atoms with Gasteiger partial charge >= 0.3 is 11.9 Å². The van der Waals surface area contributed by atoms with Crippen molar-refractivity contribution < 1.29 is 28.6 Å². The van der Waals surface area contributed by atoms with Crippen LogP contribution < -0.4 is 0 Å². The van der Waals surface area contributed by atoms with Crippen molar-refractivity contribution in [2.24, 2.45) is 0 Å². The molecule has 0 aromatic rings. The van der Waals surface area contributed by atoms with Crippen LogP contribution in [0.15, 0.2) is 0 Å². The second-order valence-corrected chi connectivity index (χ2v) is 7.11. The number of nitrogens with zero attached hydrogens (tertiary/aromatic N) is 2. The topological polar surface area (TPSA) is 85.4 Å². The lowest BCUT2D eigenvalue weighted by Gasteiger charge is -2.36. The van der Waals surface area contributed by atoms with E-state index in [1.54, 1.807) is 0 Å². The van der Waals surface area contributed by atoms with Crippen molar-refractivity contribution in [3.8, 4) is 0 Å². The van der Waals surface area contributed by atoms with Gasteiger partial charge < -0.3 is 19.1 Å². The number of morpholine rings is 1. The number of hydrogen-bond donors (Lipinski definition) is 0. The first-order valence-corrected chi connectivity index (χ1v) is 8.88. The molecule has 2 aliphatic heterocycles. The number of hydrogen-bond acceptors (Lipinski definition) is 8. The van der Waals surface area contributed by atoms with Crippen LogP contribution >= 0.6 is 11.8 Å². The molecule has 0 aromatic carbocycles. The molecule has 4 atom stereocenters. The summed E-state index contributed by atoms with van der Waals surface area (Å²) in [4.78, 5) is 40.0. The molecule has 0 bridgehead atoms. The highest BCUT2D eigenvalue weighted by molar-refractivity contribution is 8.00. The summed E-state index contributed by atoms with van der Waals surface area (Å²) in [7, 11) is 2.54. The predicted octanol–water partition coefficient (Wildman–Crippen LogP) is -0.288. The van der Waals surface area contributed by atoms with Crippen molar-refractivity contribution in [1.29, 1.82) is 0 Å². The van der Waals surface area contributed by atoms with Crippen molar-refractivity contribution >= 4 is 29.6 Å². The third kappa shape index (κ3) is 4.20. The van der Waals surface area contributed by atoms with Gasteiger partial charge in [-0.1, -0.05) is 0 Å². The van der Waals surface area contributed by atoms with E-state index in [0.29, 0.717) is 18.8 Å². The van der Waals surface area contributed by atoms with Crippen LogP contribution in [-0.4, -0.2) is 90.9 Å². The van der Waals surface area contributed by atoms with E-state index in [2.05, 4.69) is 0 Å². The standard InChI is InChI=1S/C15H24N2O6S/c1-9-5-16(6-10(2)23-9)7-12(18)17-11(14(19)21-3)8-24-13(17)15(20)22-4/h9-11,13H,5-8H2,1-4H3/t9-,10+,11-,13+/m1/s1. The average molecular weight is 360 g/mol. The maximum atomic E-state index is 12.8. The summed E-state index contributed by atoms with van der Waals surface area (Å²) in [6.07, 6.45) is 0.0598. The smallest absolute Gasteiger partial charge is 0.339 e. The van der Waals surface area contributed by atoms with Crippen molar-refractivity contribution in [2.45, 2.75) is 37.5 Å². The molecule has 2 fully saturated rings. The zero-order valence-electron chi connectivity index (χ0n) is 14.4. The number of carbonyl (C=O) groups excluding carboxylic acids is 3. The van der Waals surface area contributed by atoms with Crippen molar-refractivity contribution in [3.05, 3.63) is 0 Å². The highest BCUT2D eigenvalue weighted by Gasteiger charge is 2.46. The summed E-state index contributed by atoms with van der Waals surface area (Å²) in [5.41, 5.74) is 0. The number of methoxy groups -OCH3 is 2. The molecule has 0 aromatic heterocycles. The molecule has 0 N–H and O–H groups in total. The molecule has 0 radical (unpaired) electrons. The number of amides is 1. The summed E-state index contributed by atoms with van der Waals surface area (Å²) in [6, 6.07) is -0.771. The third-order valence-electron chi connectivity index (χ3n) is 4.02. The number of esters is 2. The second kappa shape index (κ2) is 8.17. The van der Waals surface area contributed by atoms with Crippen LogP contribution in [0.3, 0.4) is 0 Å². The van der Waals surface area contributed by atoms with Gasteiger partial charge in [0.05, 0.1) is 33.0 Å². The van der Waals surface area contributed by atoms with Crippen LogP contribution in [0.25, 0.3) is 0 Å². The lowest BCUT2D eigenvalue weighted by atomic mass is 10.2. The summed E-state index contributed by atoms with van der Waals surface area (Å²) < 4.78 is 15.2. The highest BCUT2D eigenvalue weighted by Crippen LogP contribution is 2.31. The molecule has 2 rings (SSSR count). The fourth-order valence-corrected chi connectivity index (χ4v) is 4.42. The number of thioether (sulfide) groups is 1. The monoisotopic (exact) mass is 360 g/mol. The molecule has 2 heterocycles. The molecule has 24 heavy (non-hydrogen) atoms. The molecular formula is C15H24N2O6S. The Morgan fingerprint density at radius 3 is 2.21 bits per heavy atom. The summed E-state index contributed by atoms with van der Waals surface area (Å²) in [5, 5.41) is -0.817. The maximum absolute atomic E-state index is 12.8. The van der Waals surface area contributed by atoms with Gasteiger partial charge in [-0.25, -0.2) is 9.59 Å². The molecule has 1 amide bonds. The van der Waals surface area contributed by atoms with Crippen LogP contribution in [0, 0.1) is 0 Å². The SMILES string of the molecule is COC(=O)[C@H]1CS[C@@H](C(=O)OC)N1C(=O)CN1C[C@@H](C)O[C@@H](C)C1. The Hall–Kier alpha value is -1.32. The zero-order chi connectivity index (χ0) is 17.9. The fourth-order valence-electron chi connectivity index (χ4n) is 3.10. The molecule has 0 saturated carbocycles. The highest BCUT2D eigenvalue weighted by atomic mass is 32.2. The van der Waals surface area contributed by atoms with E-state index in [9.17, 15) is 14.4 Å². The fraction of sp³-hybridized carbons (Fsp3) is 0.800. The van der Waals surface area contributed by atoms with Crippen molar-refractivity contribution in [2.75, 3.05) is 39.6 Å². The van der Waals surface area contributed by atoms with Gasteiger partial charge in [0.2, 0.25) is 5.91 Å². The summed E-state index contributed by atoms with van der Waals surface area (Å²) in [6.45, 7) is 5.28. The molecule has 0 unspecified atom stereocenters. The molecule has 0 spiro atoms. The van der Waals surface area contributed by atoms with Crippen LogP contribution in [-0.2, 0) is 28.6 Å². The van der Waals surface area contributed by atoms with E-state index < -0.39 is 23.4 Å². The molecule has 2 aliphatic rings. The summed E-state index contributed by atoms with van der Waals surface area (Å²) >= 11 is 1.21. The Balaban J connectivity index is 2.11. The number of ether oxygens (including phenoxy) is 3. The average Bonchev–Trinajstić information content (AvgIpc) is 2.97. The molecular weight excluding hydrogens is 336 g/mol. The first-order chi connectivity index (χ1) is 11.4. The van der Waals surface area contributed by atoms with Gasteiger partial charge in [-0.05, 0) is 13.8 Å². The molecule has 0 aliphatic carbocycles.